The Balaban J connectivity index is -0.0000000800. The van der Waals surface area contributed by atoms with E-state index in [4.69, 9.17) is 14.8 Å². The predicted molar refractivity (Wildman–Crippen MR) is 28.8 cm³/mol. The van der Waals surface area contributed by atoms with Crippen LogP contribution in [0.25, 0.3) is 0 Å². The minimum atomic E-state index is -5.00. The van der Waals surface area contributed by atoms with Crippen LogP contribution in [0.4, 0.5) is 0 Å². The Kier molecular flexibility index (Phi) is 15.8. The van der Waals surface area contributed by atoms with Crippen LogP contribution in [0.1, 0.15) is 0 Å². The van der Waals surface area contributed by atoms with Crippen molar-refractivity contribution in [3.8, 4) is 0 Å². The van der Waals surface area contributed by atoms with Gasteiger partial charge in [0, 0.05) is 0 Å². The molecule has 0 fully saturated rings. The average Bonchev–Trinajstić information content (AvgIpc) is 0.722. The van der Waals surface area contributed by atoms with E-state index in [1.807, 2.05) is 0 Å². The molecule has 0 amide bonds. The average molecular weight is 332 g/mol. The second-order valence-electron chi connectivity index (χ2n) is 0.600. The number of rotatable bonds is 0. The third-order valence-electron chi connectivity index (χ3n) is 0. The molecule has 7 heteroatoms. The summed E-state index contributed by atoms with van der Waals surface area (Å²) in [6, 6.07) is 0. The first-order valence-corrected chi connectivity index (χ1v) is 3.69. The van der Waals surface area contributed by atoms with Gasteiger partial charge in [0.2, 0.25) is 0 Å². The summed E-state index contributed by atoms with van der Waals surface area (Å²) < 4.78 is 29.5. The summed E-state index contributed by atoms with van der Waals surface area (Å²) in [5.41, 5.74) is 0. The van der Waals surface area contributed by atoms with Crippen LogP contribution >= 0.6 is 0 Å². The van der Waals surface area contributed by atoms with Gasteiger partial charge in [-0.2, -0.15) is 0 Å². The summed E-state index contributed by atoms with van der Waals surface area (Å²) in [7, 11) is 0. The monoisotopic (exact) mass is 334 g/mol. The summed E-state index contributed by atoms with van der Waals surface area (Å²) in [5, 5.41) is 0. The molecule has 0 rings (SSSR count). The van der Waals surface area contributed by atoms with Gasteiger partial charge < -0.3 is 0 Å². The zero-order chi connectivity index (χ0) is 4.50. The van der Waals surface area contributed by atoms with Crippen molar-refractivity contribution in [2.24, 2.45) is 0 Å². The van der Waals surface area contributed by atoms with Crippen molar-refractivity contribution in [2.45, 2.75) is 0 Å². The fraction of sp³-hybridized carbons (Fsp3) is 0. The minimum absolute atomic E-state index is 0. The van der Waals surface area contributed by atoms with Crippen LogP contribution in [0.5, 0.6) is 0 Å². The first kappa shape index (κ1) is 16.3. The molecule has 0 spiro atoms. The molecule has 7 heavy (non-hydrogen) atoms. The van der Waals surface area contributed by atoms with E-state index in [2.05, 4.69) is 0 Å². The van der Waals surface area contributed by atoms with Crippen LogP contribution in [-0.4, -0.2) is 81.2 Å². The van der Waals surface area contributed by atoms with E-state index in [1.165, 1.54) is 0 Å². The Hall–Kier alpha value is 2.67. The second kappa shape index (κ2) is 6.78. The summed E-state index contributed by atoms with van der Waals surface area (Å²) in [5.74, 6) is 0. The van der Waals surface area contributed by atoms with Gasteiger partial charge in [-0.05, 0) is 0 Å². The van der Waals surface area contributed by atoms with Gasteiger partial charge in [-0.3, -0.25) is 0 Å². The Morgan fingerprint density at radius 3 is 0.857 bits per heavy atom. The van der Waals surface area contributed by atoms with Gasteiger partial charge in [0.1, 0.15) is 0 Å². The Labute approximate surface area is 97.2 Å². The molecule has 0 saturated carbocycles. The second-order valence-corrected chi connectivity index (χ2v) is 2.47. The molecule has 0 aromatic carbocycles. The molecule has 0 aliphatic rings. The summed E-state index contributed by atoms with van der Waals surface area (Å²) in [4.78, 5) is 0. The quantitative estimate of drug-likeness (QED) is 0.337. The zero-order valence-electron chi connectivity index (χ0n) is 2.29. The van der Waals surface area contributed by atoms with E-state index in [1.54, 1.807) is 0 Å². The molecule has 0 radical (unpaired) electrons. The molecule has 0 aliphatic carbocycles. The zero-order valence-corrected chi connectivity index (χ0v) is 3.85. The van der Waals surface area contributed by atoms with Crippen molar-refractivity contribution in [3.05, 3.63) is 0 Å². The Morgan fingerprint density at radius 2 is 0.857 bits per heavy atom. The molecule has 0 heterocycles. The number of hydrogen-bond acceptors (Lipinski definition) is 4. The van der Waals surface area contributed by atoms with Gasteiger partial charge in [-0.15, -0.1) is 0 Å². The molecule has 0 bridgehead atoms. The molecule has 44 valence electrons. The van der Waals surface area contributed by atoms with E-state index in [0.717, 1.165) is 0 Å². The first-order chi connectivity index (χ1) is 2.00. The van der Waals surface area contributed by atoms with E-state index in [9.17, 15) is 0 Å². The molecule has 0 aromatic heterocycles. The molecule has 4 nitrogen and oxygen atoms in total. The van der Waals surface area contributed by atoms with Crippen molar-refractivity contribution in [1.29, 1.82) is 0 Å². The molecule has 0 atom stereocenters. The molecule has 0 unspecified atom stereocenters. The van der Waals surface area contributed by atoms with Crippen LogP contribution in [0.15, 0.2) is 0 Å². The summed E-state index contributed by atoms with van der Waals surface area (Å²) >= 11 is -5.00. The standard InChI is InChI=1S/Ba.GeH4.4H2O.Ti.2H/h;1H4;4*1H2;;;/q;;;;;;+4;;/p-4. The Bertz CT molecular complexity index is 27.2. The molecular weight excluding hydrogens is 322 g/mol. The van der Waals surface area contributed by atoms with Gasteiger partial charge in [0.15, 0.2) is 0 Å². The predicted octanol–water partition coefficient (Wildman–Crippen LogP) is -4.60. The van der Waals surface area contributed by atoms with Crippen LogP contribution in [-0.2, 0) is 18.1 Å². The van der Waals surface area contributed by atoms with Gasteiger partial charge >= 0.3 is 99.4 Å². The fourth-order valence-corrected chi connectivity index (χ4v) is 0. The van der Waals surface area contributed by atoms with E-state index < -0.39 is 18.1 Å². The van der Waals surface area contributed by atoms with Gasteiger partial charge in [0.05, 0.1) is 0 Å². The van der Waals surface area contributed by atoms with Gasteiger partial charge in [-0.25, -0.2) is 0 Å². The Morgan fingerprint density at radius 1 is 0.857 bits per heavy atom. The maximum atomic E-state index is 7.38. The molecular formula is H10BaGeO4Ti. The van der Waals surface area contributed by atoms with Crippen molar-refractivity contribution < 1.29 is 32.9 Å². The molecule has 0 saturated heterocycles. The molecule has 0 aliphatic heterocycles. The van der Waals surface area contributed by atoms with Gasteiger partial charge in [0.25, 0.3) is 0 Å². The molecule has 4 N–H and O–H groups in total. The summed E-state index contributed by atoms with van der Waals surface area (Å²) in [6.07, 6.45) is 0. The third kappa shape index (κ3) is 54.1. The van der Waals surface area contributed by atoms with Crippen molar-refractivity contribution in [3.63, 3.8) is 0 Å². The normalized spacial score (nSPS) is 8.57. The van der Waals surface area contributed by atoms with Gasteiger partial charge in [-0.1, -0.05) is 0 Å². The first-order valence-electron chi connectivity index (χ1n) is 0.894. The number of hydrogen-bond donors (Lipinski definition) is 4. The van der Waals surface area contributed by atoms with Crippen molar-refractivity contribution in [2.75, 3.05) is 0 Å². The fourth-order valence-electron chi connectivity index (χ4n) is 0. The molecule has 0 aromatic rings. The maximum absolute atomic E-state index is 7.38. The SMILES string of the molecule is [BaH2].[GeH4].[OH][Ti]([OH])([OH])[OH]. The van der Waals surface area contributed by atoms with E-state index >= 15 is 0 Å². The van der Waals surface area contributed by atoms with Crippen LogP contribution < -0.4 is 0 Å². The van der Waals surface area contributed by atoms with Crippen molar-refractivity contribution >= 4 is 66.5 Å². The van der Waals surface area contributed by atoms with Crippen LogP contribution in [0.3, 0.4) is 0 Å². The van der Waals surface area contributed by atoms with E-state index in [-0.39, 0.29) is 66.5 Å². The summed E-state index contributed by atoms with van der Waals surface area (Å²) in [6.45, 7) is 0. The third-order valence-corrected chi connectivity index (χ3v) is 0. The van der Waals surface area contributed by atoms with Crippen molar-refractivity contribution in [1.82, 2.24) is 0 Å². The van der Waals surface area contributed by atoms with Crippen LogP contribution in [0, 0.1) is 0 Å². The van der Waals surface area contributed by atoms with Crippen LogP contribution in [0.2, 0.25) is 0 Å². The van der Waals surface area contributed by atoms with E-state index in [0.29, 0.717) is 0 Å². The topological polar surface area (TPSA) is 80.9 Å².